The summed E-state index contributed by atoms with van der Waals surface area (Å²) in [6, 6.07) is 5.63. The van der Waals surface area contributed by atoms with E-state index in [0.29, 0.717) is 5.56 Å². The van der Waals surface area contributed by atoms with Crippen molar-refractivity contribution in [2.45, 2.75) is 6.42 Å². The third kappa shape index (κ3) is 3.31. The van der Waals surface area contributed by atoms with Crippen LogP contribution in [-0.2, 0) is 4.79 Å². The molecule has 0 aliphatic carbocycles. The Bertz CT molecular complexity index is 463. The first-order valence-corrected chi connectivity index (χ1v) is 4.34. The summed E-state index contributed by atoms with van der Waals surface area (Å²) < 4.78 is 0. The number of carbonyl (C=O) groups is 1. The van der Waals surface area contributed by atoms with Crippen molar-refractivity contribution in [1.29, 1.82) is 5.26 Å². The first-order chi connectivity index (χ1) is 7.63. The minimum atomic E-state index is -0.531. The van der Waals surface area contributed by atoms with Crippen LogP contribution in [0.1, 0.15) is 12.0 Å². The topological polar surface area (TPSA) is 106 Å². The molecule has 0 aliphatic rings. The number of hydrogen-bond donors (Lipinski definition) is 3. The summed E-state index contributed by atoms with van der Waals surface area (Å²) in [7, 11) is 0. The van der Waals surface area contributed by atoms with E-state index in [1.807, 2.05) is 0 Å². The fourth-order valence-corrected chi connectivity index (χ4v) is 0.926. The summed E-state index contributed by atoms with van der Waals surface area (Å²) in [4.78, 5) is 10.8. The highest BCUT2D eigenvalue weighted by Crippen LogP contribution is 2.20. The van der Waals surface area contributed by atoms with Gasteiger partial charge < -0.3 is 10.2 Å². The van der Waals surface area contributed by atoms with Gasteiger partial charge in [0.15, 0.2) is 0 Å². The van der Waals surface area contributed by atoms with Crippen LogP contribution in [0.3, 0.4) is 0 Å². The minimum absolute atomic E-state index is 0.0665. The number of nitriles is 1. The molecule has 0 aromatic heterocycles. The molecule has 0 saturated heterocycles. The van der Waals surface area contributed by atoms with Gasteiger partial charge in [-0.25, -0.2) is 5.43 Å². The van der Waals surface area contributed by atoms with Gasteiger partial charge in [-0.1, -0.05) is 0 Å². The number of hydrazone groups is 1. The van der Waals surface area contributed by atoms with E-state index in [2.05, 4.69) is 10.5 Å². The Morgan fingerprint density at radius 2 is 2.31 bits per heavy atom. The van der Waals surface area contributed by atoms with Gasteiger partial charge in [0.05, 0.1) is 12.3 Å². The number of rotatable bonds is 3. The molecule has 0 radical (unpaired) electrons. The summed E-state index contributed by atoms with van der Waals surface area (Å²) in [5.41, 5.74) is 2.45. The van der Waals surface area contributed by atoms with Crippen LogP contribution in [0.15, 0.2) is 23.3 Å². The zero-order valence-corrected chi connectivity index (χ0v) is 8.21. The molecule has 1 aromatic carbocycles. The van der Waals surface area contributed by atoms with Crippen molar-refractivity contribution in [2.75, 3.05) is 0 Å². The molecule has 0 saturated carbocycles. The lowest BCUT2D eigenvalue weighted by Crippen LogP contribution is -2.16. The van der Waals surface area contributed by atoms with Gasteiger partial charge in [-0.15, -0.1) is 0 Å². The number of nitrogens with zero attached hydrogens (tertiary/aromatic N) is 2. The molecule has 0 spiro atoms. The lowest BCUT2D eigenvalue weighted by atomic mass is 10.2. The monoisotopic (exact) mass is 219 g/mol. The highest BCUT2D eigenvalue weighted by molar-refractivity contribution is 5.85. The molecule has 0 atom stereocenters. The maximum absolute atomic E-state index is 10.8. The predicted octanol–water partition coefficient (Wildman–Crippen LogP) is 0.462. The maximum Gasteiger partial charge on any atom is 0.254 e. The van der Waals surface area contributed by atoms with Crippen molar-refractivity contribution in [3.63, 3.8) is 0 Å². The summed E-state index contributed by atoms with van der Waals surface area (Å²) in [6.07, 6.45) is 0.933. The molecule has 6 heteroatoms. The number of carbonyl (C=O) groups excluding carboxylic acids is 1. The smallest absolute Gasteiger partial charge is 0.254 e. The van der Waals surface area contributed by atoms with E-state index in [1.54, 1.807) is 6.07 Å². The van der Waals surface area contributed by atoms with E-state index >= 15 is 0 Å². The van der Waals surface area contributed by atoms with Crippen LogP contribution in [-0.4, -0.2) is 22.3 Å². The standard InChI is InChI=1S/C10H9N3O3/c11-4-3-10(16)13-12-6-7-1-2-8(14)5-9(7)15/h1-2,5-6,14-15H,3H2,(H,13,16)/b12-6-. The molecule has 16 heavy (non-hydrogen) atoms. The van der Waals surface area contributed by atoms with E-state index in [1.165, 1.54) is 18.3 Å². The van der Waals surface area contributed by atoms with E-state index in [9.17, 15) is 9.90 Å². The highest BCUT2D eigenvalue weighted by Gasteiger charge is 2.00. The first-order valence-electron chi connectivity index (χ1n) is 4.34. The number of phenols is 2. The molecule has 1 aromatic rings. The number of nitrogens with one attached hydrogen (secondary N) is 1. The quantitative estimate of drug-likeness (QED) is 0.507. The Morgan fingerprint density at radius 3 is 2.94 bits per heavy atom. The molecule has 82 valence electrons. The van der Waals surface area contributed by atoms with Crippen molar-refractivity contribution in [3.05, 3.63) is 23.8 Å². The van der Waals surface area contributed by atoms with Crippen LogP contribution in [0.5, 0.6) is 11.5 Å². The average molecular weight is 219 g/mol. The van der Waals surface area contributed by atoms with Gasteiger partial charge in [0.25, 0.3) is 5.91 Å². The van der Waals surface area contributed by atoms with E-state index in [0.717, 1.165) is 6.07 Å². The third-order valence-electron chi connectivity index (χ3n) is 1.65. The van der Waals surface area contributed by atoms with Crippen molar-refractivity contribution in [1.82, 2.24) is 5.43 Å². The van der Waals surface area contributed by atoms with Crippen LogP contribution in [0.2, 0.25) is 0 Å². The third-order valence-corrected chi connectivity index (χ3v) is 1.65. The van der Waals surface area contributed by atoms with Crippen molar-refractivity contribution < 1.29 is 15.0 Å². The van der Waals surface area contributed by atoms with Crippen LogP contribution < -0.4 is 5.43 Å². The fourth-order valence-electron chi connectivity index (χ4n) is 0.926. The van der Waals surface area contributed by atoms with Crippen molar-refractivity contribution >= 4 is 12.1 Å². The van der Waals surface area contributed by atoms with Gasteiger partial charge in [0.1, 0.15) is 17.9 Å². The number of amides is 1. The lowest BCUT2D eigenvalue weighted by Gasteiger charge is -1.99. The predicted molar refractivity (Wildman–Crippen MR) is 55.7 cm³/mol. The van der Waals surface area contributed by atoms with Crippen molar-refractivity contribution in [2.24, 2.45) is 5.10 Å². The SMILES string of the molecule is N#CCC(=O)N/N=C\c1ccc(O)cc1O. The molecular formula is C10H9N3O3. The van der Waals surface area contributed by atoms with Crippen LogP contribution in [0.4, 0.5) is 0 Å². The first kappa shape index (κ1) is 11.5. The van der Waals surface area contributed by atoms with Crippen LogP contribution in [0.25, 0.3) is 0 Å². The highest BCUT2D eigenvalue weighted by atomic mass is 16.3. The van der Waals surface area contributed by atoms with E-state index in [-0.39, 0.29) is 17.9 Å². The van der Waals surface area contributed by atoms with E-state index in [4.69, 9.17) is 10.4 Å². The van der Waals surface area contributed by atoms with Crippen LogP contribution in [0, 0.1) is 11.3 Å². The second kappa shape index (κ2) is 5.36. The van der Waals surface area contributed by atoms with Gasteiger partial charge in [0, 0.05) is 11.6 Å². The van der Waals surface area contributed by atoms with E-state index < -0.39 is 5.91 Å². The molecule has 0 aliphatic heterocycles. The van der Waals surface area contributed by atoms with Gasteiger partial charge in [0.2, 0.25) is 0 Å². The summed E-state index contributed by atoms with van der Waals surface area (Å²) in [5.74, 6) is -0.751. The largest absolute Gasteiger partial charge is 0.508 e. The molecule has 0 fully saturated rings. The zero-order chi connectivity index (χ0) is 12.0. The molecule has 3 N–H and O–H groups in total. The Kier molecular flexibility index (Phi) is 3.86. The summed E-state index contributed by atoms with van der Waals surface area (Å²) in [6.45, 7) is 0. The number of benzene rings is 1. The summed E-state index contributed by atoms with van der Waals surface area (Å²) >= 11 is 0. The Hall–Kier alpha value is -2.55. The van der Waals surface area contributed by atoms with Crippen LogP contribution >= 0.6 is 0 Å². The second-order valence-corrected chi connectivity index (χ2v) is 2.87. The number of aromatic hydroxyl groups is 2. The minimum Gasteiger partial charge on any atom is -0.508 e. The molecule has 0 unspecified atom stereocenters. The number of phenolic OH excluding ortho intramolecular Hbond substituents is 2. The lowest BCUT2D eigenvalue weighted by molar-refractivity contribution is -0.120. The van der Waals surface area contributed by atoms with Gasteiger partial charge in [-0.05, 0) is 12.1 Å². The maximum atomic E-state index is 10.8. The normalized spacial score (nSPS) is 9.94. The average Bonchev–Trinajstić information content (AvgIpc) is 2.22. The second-order valence-electron chi connectivity index (χ2n) is 2.87. The molecule has 1 amide bonds. The molecule has 1 rings (SSSR count). The molecular weight excluding hydrogens is 210 g/mol. The zero-order valence-electron chi connectivity index (χ0n) is 8.21. The molecule has 0 bridgehead atoms. The number of hydrogen-bond acceptors (Lipinski definition) is 5. The summed E-state index contributed by atoms with van der Waals surface area (Å²) in [5, 5.41) is 30.1. The molecule has 6 nitrogen and oxygen atoms in total. The Morgan fingerprint density at radius 1 is 1.56 bits per heavy atom. The van der Waals surface area contributed by atoms with Gasteiger partial charge >= 0.3 is 0 Å². The fraction of sp³-hybridized carbons (Fsp3) is 0.100. The Balaban J connectivity index is 2.63. The van der Waals surface area contributed by atoms with Crippen molar-refractivity contribution in [3.8, 4) is 17.6 Å². The Labute approximate surface area is 91.4 Å². The molecule has 0 heterocycles. The van der Waals surface area contributed by atoms with Gasteiger partial charge in [-0.3, -0.25) is 4.79 Å². The van der Waals surface area contributed by atoms with Gasteiger partial charge in [-0.2, -0.15) is 10.4 Å².